The summed E-state index contributed by atoms with van der Waals surface area (Å²) in [5, 5.41) is 16.4. The normalized spacial score (nSPS) is 26.0. The molecule has 0 aliphatic heterocycles. The van der Waals surface area contributed by atoms with Gasteiger partial charge in [-0.2, -0.15) is 0 Å². The molecule has 0 heterocycles. The number of nitrogens with one attached hydrogen (secondary N) is 2. The van der Waals surface area contributed by atoms with E-state index in [1.165, 1.54) is 24.2 Å². The van der Waals surface area contributed by atoms with Crippen LogP contribution in [0.15, 0.2) is 18.2 Å². The molecule has 0 aromatic heterocycles. The van der Waals surface area contributed by atoms with Crippen LogP contribution in [0.4, 0.5) is 5.69 Å². The van der Waals surface area contributed by atoms with Crippen LogP contribution in [-0.2, 0) is 9.59 Å². The van der Waals surface area contributed by atoms with Gasteiger partial charge in [-0.25, -0.2) is 0 Å². The molecule has 0 radical (unpaired) electrons. The third-order valence-electron chi connectivity index (χ3n) is 8.15. The Hall–Kier alpha value is -2.32. The number of anilines is 1. The highest BCUT2D eigenvalue weighted by Gasteiger charge is 2.51. The molecule has 36 heavy (non-hydrogen) atoms. The van der Waals surface area contributed by atoms with Crippen molar-refractivity contribution in [2.45, 2.75) is 44.9 Å². The lowest BCUT2D eigenvalue weighted by atomic mass is 9.49. The lowest BCUT2D eigenvalue weighted by Crippen LogP contribution is -2.53. The number of amides is 2. The maximum atomic E-state index is 13.6. The Labute approximate surface area is 218 Å². The van der Waals surface area contributed by atoms with Crippen LogP contribution in [0, 0.1) is 23.2 Å². The number of aliphatic carboxylic acids is 1. The van der Waals surface area contributed by atoms with Crippen LogP contribution >= 0.6 is 11.6 Å². The molecule has 4 fully saturated rings. The number of rotatable bonds is 12. The number of halogens is 1. The smallest absolute Gasteiger partial charge is 0.323 e. The molecule has 4 aliphatic carbocycles. The van der Waals surface area contributed by atoms with Crippen molar-refractivity contribution < 1.29 is 19.5 Å². The standard InChI is InChI=1S/C27H39ClN4O4/c1-31(2)24(33)5-6-29-7-8-30-21-3-4-23(28)22(12-21)26(36)32(16-25(34)35)17-27-13-18-9-19(14-27)11-20(10-18)15-27/h3-4,12,18-20,29-30H,5-11,13-17H2,1-2H3,(H,34,35). The fourth-order valence-corrected chi connectivity index (χ4v) is 7.26. The highest BCUT2D eigenvalue weighted by Crippen LogP contribution is 2.60. The Balaban J connectivity index is 1.38. The van der Waals surface area contributed by atoms with Crippen molar-refractivity contribution in [1.29, 1.82) is 0 Å². The Morgan fingerprint density at radius 2 is 1.67 bits per heavy atom. The summed E-state index contributed by atoms with van der Waals surface area (Å²) in [5.41, 5.74) is 1.12. The van der Waals surface area contributed by atoms with E-state index < -0.39 is 5.97 Å². The molecule has 9 heteroatoms. The molecule has 8 nitrogen and oxygen atoms in total. The van der Waals surface area contributed by atoms with Crippen LogP contribution in [0.1, 0.15) is 55.3 Å². The van der Waals surface area contributed by atoms with Gasteiger partial charge < -0.3 is 25.5 Å². The minimum atomic E-state index is -1.00. The first kappa shape index (κ1) is 26.7. The number of hydrogen-bond donors (Lipinski definition) is 3. The second-order valence-electron chi connectivity index (χ2n) is 11.4. The fourth-order valence-electron chi connectivity index (χ4n) is 7.06. The second-order valence-corrected chi connectivity index (χ2v) is 11.8. The summed E-state index contributed by atoms with van der Waals surface area (Å²) in [5.74, 6) is 0.937. The van der Waals surface area contributed by atoms with E-state index in [0.717, 1.165) is 42.7 Å². The first-order valence-corrected chi connectivity index (χ1v) is 13.5. The molecule has 3 N–H and O–H groups in total. The summed E-state index contributed by atoms with van der Waals surface area (Å²) in [6, 6.07) is 5.22. The molecule has 1 aromatic carbocycles. The van der Waals surface area contributed by atoms with Gasteiger partial charge in [-0.15, -0.1) is 0 Å². The van der Waals surface area contributed by atoms with Gasteiger partial charge in [0.2, 0.25) is 5.91 Å². The van der Waals surface area contributed by atoms with Gasteiger partial charge in [0.05, 0.1) is 10.6 Å². The van der Waals surface area contributed by atoms with Crippen LogP contribution in [0.2, 0.25) is 5.02 Å². The topological polar surface area (TPSA) is 102 Å². The van der Waals surface area contributed by atoms with Gasteiger partial charge in [0.1, 0.15) is 6.54 Å². The van der Waals surface area contributed by atoms with Crippen LogP contribution in [0.25, 0.3) is 0 Å². The van der Waals surface area contributed by atoms with E-state index in [2.05, 4.69) is 10.6 Å². The first-order valence-electron chi connectivity index (χ1n) is 13.1. The quantitative estimate of drug-likeness (QED) is 0.366. The average Bonchev–Trinajstić information content (AvgIpc) is 2.79. The van der Waals surface area contributed by atoms with E-state index in [4.69, 9.17) is 11.6 Å². The van der Waals surface area contributed by atoms with Crippen molar-refractivity contribution in [3.05, 3.63) is 28.8 Å². The van der Waals surface area contributed by atoms with Gasteiger partial charge in [-0.1, -0.05) is 11.6 Å². The number of carboxylic acid groups (broad SMARTS) is 1. The Morgan fingerprint density at radius 3 is 2.25 bits per heavy atom. The van der Waals surface area contributed by atoms with E-state index in [9.17, 15) is 19.5 Å². The predicted molar refractivity (Wildman–Crippen MR) is 140 cm³/mol. The molecule has 4 bridgehead atoms. The third kappa shape index (κ3) is 6.51. The molecular formula is C27H39ClN4O4. The van der Waals surface area contributed by atoms with Gasteiger partial charge >= 0.3 is 5.97 Å². The van der Waals surface area contributed by atoms with Crippen LogP contribution in [-0.4, -0.2) is 79.5 Å². The van der Waals surface area contributed by atoms with Gasteiger partial charge in [0.15, 0.2) is 0 Å². The van der Waals surface area contributed by atoms with E-state index in [-0.39, 0.29) is 23.8 Å². The van der Waals surface area contributed by atoms with Crippen LogP contribution in [0.3, 0.4) is 0 Å². The minimum absolute atomic E-state index is 0.0435. The summed E-state index contributed by atoms with van der Waals surface area (Å²) in [6.45, 7) is 2.04. The fraction of sp³-hybridized carbons (Fsp3) is 0.667. The van der Waals surface area contributed by atoms with Crippen molar-refractivity contribution in [2.24, 2.45) is 23.2 Å². The van der Waals surface area contributed by atoms with Crippen molar-refractivity contribution in [2.75, 3.05) is 52.1 Å². The third-order valence-corrected chi connectivity index (χ3v) is 8.48. The van der Waals surface area contributed by atoms with E-state index in [1.54, 1.807) is 31.1 Å². The molecule has 0 unspecified atom stereocenters. The zero-order valence-electron chi connectivity index (χ0n) is 21.4. The predicted octanol–water partition coefficient (Wildman–Crippen LogP) is 3.56. The number of carboxylic acids is 1. The Kier molecular flexibility index (Phi) is 8.45. The first-order chi connectivity index (χ1) is 17.1. The number of nitrogens with zero attached hydrogens (tertiary/aromatic N) is 2. The summed E-state index contributed by atoms with van der Waals surface area (Å²) in [6.07, 6.45) is 7.64. The molecule has 0 atom stereocenters. The van der Waals surface area contributed by atoms with Gasteiger partial charge in [0, 0.05) is 52.4 Å². The molecule has 4 saturated carbocycles. The summed E-state index contributed by atoms with van der Waals surface area (Å²) in [7, 11) is 3.48. The molecule has 5 rings (SSSR count). The van der Waals surface area contributed by atoms with Crippen molar-refractivity contribution in [3.8, 4) is 0 Å². The van der Waals surface area contributed by atoms with Crippen molar-refractivity contribution in [3.63, 3.8) is 0 Å². The van der Waals surface area contributed by atoms with Crippen molar-refractivity contribution in [1.82, 2.24) is 15.1 Å². The maximum absolute atomic E-state index is 13.6. The minimum Gasteiger partial charge on any atom is -0.480 e. The lowest BCUT2D eigenvalue weighted by Gasteiger charge is -2.57. The largest absolute Gasteiger partial charge is 0.480 e. The molecule has 0 saturated heterocycles. The highest BCUT2D eigenvalue weighted by molar-refractivity contribution is 6.34. The van der Waals surface area contributed by atoms with E-state index >= 15 is 0 Å². The molecule has 2 amide bonds. The van der Waals surface area contributed by atoms with Gasteiger partial charge in [-0.3, -0.25) is 14.4 Å². The number of hydrogen-bond acceptors (Lipinski definition) is 5. The number of carbonyl (C=O) groups is 3. The molecule has 198 valence electrons. The lowest BCUT2D eigenvalue weighted by molar-refractivity contribution is -0.138. The number of carbonyl (C=O) groups excluding carboxylic acids is 2. The van der Waals surface area contributed by atoms with Gasteiger partial charge in [0.25, 0.3) is 5.91 Å². The van der Waals surface area contributed by atoms with Gasteiger partial charge in [-0.05, 0) is 79.9 Å². The van der Waals surface area contributed by atoms with Crippen molar-refractivity contribution >= 4 is 35.1 Å². The SMILES string of the molecule is CN(C)C(=O)CCNCCNc1ccc(Cl)c(C(=O)N(CC(=O)O)CC23CC4CC(CC(C4)C2)C3)c1. The summed E-state index contributed by atoms with van der Waals surface area (Å²) < 4.78 is 0. The molecule has 0 spiro atoms. The van der Waals surface area contributed by atoms with E-state index in [0.29, 0.717) is 43.2 Å². The molecule has 4 aliphatic rings. The molecule has 1 aromatic rings. The monoisotopic (exact) mass is 518 g/mol. The maximum Gasteiger partial charge on any atom is 0.323 e. The summed E-state index contributed by atoms with van der Waals surface area (Å²) >= 11 is 6.43. The highest BCUT2D eigenvalue weighted by atomic mass is 35.5. The Morgan fingerprint density at radius 1 is 1.03 bits per heavy atom. The summed E-state index contributed by atoms with van der Waals surface area (Å²) in [4.78, 5) is 40.1. The average molecular weight is 519 g/mol. The van der Waals surface area contributed by atoms with Crippen LogP contribution < -0.4 is 10.6 Å². The van der Waals surface area contributed by atoms with E-state index in [1.807, 2.05) is 6.07 Å². The Bertz CT molecular complexity index is 947. The van der Waals surface area contributed by atoms with Crippen LogP contribution in [0.5, 0.6) is 0 Å². The second kappa shape index (κ2) is 11.4. The number of benzene rings is 1. The zero-order valence-corrected chi connectivity index (χ0v) is 22.1. The molecular weight excluding hydrogens is 480 g/mol. The zero-order chi connectivity index (χ0) is 25.9.